The Hall–Kier alpha value is -3.92. The van der Waals surface area contributed by atoms with Gasteiger partial charge >= 0.3 is 0 Å². The van der Waals surface area contributed by atoms with Crippen LogP contribution in [0.4, 0.5) is 17.2 Å². The Balaban J connectivity index is 1.46. The van der Waals surface area contributed by atoms with Gasteiger partial charge in [-0.25, -0.2) is 9.97 Å². The number of aliphatic hydroxyl groups is 1. The first kappa shape index (κ1) is 21.9. The third-order valence-corrected chi connectivity index (χ3v) is 6.38. The lowest BCUT2D eigenvalue weighted by molar-refractivity contribution is 0.102. The van der Waals surface area contributed by atoms with Gasteiger partial charge in [-0.2, -0.15) is 5.10 Å². The molecule has 0 aliphatic carbocycles. The van der Waals surface area contributed by atoms with E-state index in [9.17, 15) is 9.90 Å². The highest BCUT2D eigenvalue weighted by Gasteiger charge is 2.24. The Kier molecular flexibility index (Phi) is 5.66. The fourth-order valence-electron chi connectivity index (χ4n) is 4.46. The molecule has 1 aromatic carbocycles. The van der Waals surface area contributed by atoms with Crippen molar-refractivity contribution in [3.8, 4) is 11.5 Å². The van der Waals surface area contributed by atoms with Gasteiger partial charge in [-0.15, -0.1) is 0 Å². The second-order valence-corrected chi connectivity index (χ2v) is 8.67. The minimum absolute atomic E-state index is 0.165. The van der Waals surface area contributed by atoms with E-state index in [1.807, 2.05) is 24.7 Å². The van der Waals surface area contributed by atoms with Crippen molar-refractivity contribution in [2.24, 2.45) is 13.0 Å². The molecule has 1 amide bonds. The Labute approximate surface area is 196 Å². The average molecular weight is 462 g/mol. The first-order chi connectivity index (χ1) is 16.4. The van der Waals surface area contributed by atoms with E-state index in [0.29, 0.717) is 28.9 Å². The molecular weight excluding hydrogens is 434 g/mol. The average Bonchev–Trinajstić information content (AvgIpc) is 3.44. The van der Waals surface area contributed by atoms with Crippen LogP contribution >= 0.6 is 0 Å². The minimum Gasteiger partial charge on any atom is -0.444 e. The third-order valence-electron chi connectivity index (χ3n) is 6.38. The maximum atomic E-state index is 13.1. The van der Waals surface area contributed by atoms with E-state index in [-0.39, 0.29) is 18.2 Å². The number of oxazole rings is 1. The summed E-state index contributed by atoms with van der Waals surface area (Å²) >= 11 is 0. The lowest BCUT2D eigenvalue weighted by Gasteiger charge is -2.34. The summed E-state index contributed by atoms with van der Waals surface area (Å²) in [6.45, 7) is 3.75. The van der Waals surface area contributed by atoms with Crippen molar-refractivity contribution < 1.29 is 14.3 Å². The lowest BCUT2D eigenvalue weighted by atomic mass is 9.97. The van der Waals surface area contributed by atoms with Gasteiger partial charge in [0.1, 0.15) is 12.1 Å². The first-order valence-corrected chi connectivity index (χ1v) is 11.2. The molecule has 3 aromatic heterocycles. The number of nitrogens with two attached hydrogens (primary N) is 1. The SMILES string of the molecule is Cc1nn(C)c2cc(N3CCC(CO)CC3)c(NC(=O)c3coc(-c4ccnc(N)c4)n3)cc12. The number of hydrogen-bond acceptors (Lipinski definition) is 8. The summed E-state index contributed by atoms with van der Waals surface area (Å²) in [7, 11) is 1.91. The van der Waals surface area contributed by atoms with Crippen molar-refractivity contribution in [2.75, 3.05) is 35.6 Å². The molecule has 4 aromatic rings. The van der Waals surface area contributed by atoms with Crippen LogP contribution in [0.25, 0.3) is 22.4 Å². The number of fused-ring (bicyclic) bond motifs is 1. The van der Waals surface area contributed by atoms with Crippen LogP contribution in [-0.4, -0.2) is 50.5 Å². The zero-order valence-corrected chi connectivity index (χ0v) is 19.2. The highest BCUT2D eigenvalue weighted by atomic mass is 16.3. The number of pyridine rings is 1. The van der Waals surface area contributed by atoms with Crippen molar-refractivity contribution in [2.45, 2.75) is 19.8 Å². The van der Waals surface area contributed by atoms with Gasteiger partial charge in [0.15, 0.2) is 5.69 Å². The monoisotopic (exact) mass is 461 g/mol. The lowest BCUT2D eigenvalue weighted by Crippen LogP contribution is -2.35. The second-order valence-electron chi connectivity index (χ2n) is 8.67. The number of nitrogen functional groups attached to an aromatic ring is 1. The van der Waals surface area contributed by atoms with E-state index in [2.05, 4.69) is 31.3 Å². The number of carbonyl (C=O) groups is 1. The molecule has 1 saturated heterocycles. The smallest absolute Gasteiger partial charge is 0.277 e. The molecule has 10 nitrogen and oxygen atoms in total. The fourth-order valence-corrected chi connectivity index (χ4v) is 4.46. The maximum Gasteiger partial charge on any atom is 0.277 e. The van der Waals surface area contributed by atoms with Gasteiger partial charge in [-0.05, 0) is 49.9 Å². The standard InChI is InChI=1S/C24H27N7O3/c1-14-17-10-18(21(11-20(17)30(2)29-14)31-7-4-15(12-32)5-8-31)27-23(33)19-13-34-24(28-19)16-3-6-26-22(25)9-16/h3,6,9-11,13,15,32H,4-5,7-8,12H2,1-2H3,(H2,25,26)(H,27,33). The topological polar surface area (TPSA) is 135 Å². The Bertz CT molecular complexity index is 1350. The van der Waals surface area contributed by atoms with Gasteiger partial charge in [0.2, 0.25) is 5.89 Å². The van der Waals surface area contributed by atoms with Crippen LogP contribution in [0.5, 0.6) is 0 Å². The number of carbonyl (C=O) groups excluding carboxylic acids is 1. The number of amides is 1. The molecule has 34 heavy (non-hydrogen) atoms. The van der Waals surface area contributed by atoms with Crippen LogP contribution < -0.4 is 16.0 Å². The summed E-state index contributed by atoms with van der Waals surface area (Å²) in [5, 5.41) is 18.0. The molecule has 0 spiro atoms. The summed E-state index contributed by atoms with van der Waals surface area (Å²) in [5.41, 5.74) is 10.0. The van der Waals surface area contributed by atoms with Crippen LogP contribution in [0.1, 0.15) is 29.0 Å². The van der Waals surface area contributed by atoms with Crippen molar-refractivity contribution in [1.29, 1.82) is 0 Å². The van der Waals surface area contributed by atoms with Gasteiger partial charge in [0.05, 0.1) is 22.6 Å². The van der Waals surface area contributed by atoms with Gasteiger partial charge in [-0.1, -0.05) is 0 Å². The van der Waals surface area contributed by atoms with Gasteiger partial charge in [-0.3, -0.25) is 9.48 Å². The number of aryl methyl sites for hydroxylation is 2. The summed E-state index contributed by atoms with van der Waals surface area (Å²) < 4.78 is 7.38. The number of aromatic nitrogens is 4. The zero-order chi connectivity index (χ0) is 23.8. The van der Waals surface area contributed by atoms with Crippen LogP contribution in [0, 0.1) is 12.8 Å². The van der Waals surface area contributed by atoms with E-state index < -0.39 is 0 Å². The summed E-state index contributed by atoms with van der Waals surface area (Å²) in [5.74, 6) is 0.581. The number of hydrogen-bond donors (Lipinski definition) is 3. The second kappa shape index (κ2) is 8.79. The third kappa shape index (κ3) is 4.08. The molecule has 0 radical (unpaired) electrons. The molecule has 4 N–H and O–H groups in total. The number of nitrogens with zero attached hydrogens (tertiary/aromatic N) is 5. The number of aliphatic hydroxyl groups excluding tert-OH is 1. The number of benzene rings is 1. The number of piperidine rings is 1. The molecular formula is C24H27N7O3. The Morgan fingerprint density at radius 1 is 1.29 bits per heavy atom. The Morgan fingerprint density at radius 3 is 2.82 bits per heavy atom. The van der Waals surface area contributed by atoms with E-state index in [0.717, 1.165) is 48.2 Å². The first-order valence-electron chi connectivity index (χ1n) is 11.2. The summed E-state index contributed by atoms with van der Waals surface area (Å²) in [6, 6.07) is 7.39. The molecule has 4 heterocycles. The number of nitrogens with one attached hydrogen (secondary N) is 1. The molecule has 5 rings (SSSR count). The largest absolute Gasteiger partial charge is 0.444 e. The highest BCUT2D eigenvalue weighted by Crippen LogP contribution is 2.35. The van der Waals surface area contributed by atoms with Gasteiger partial charge < -0.3 is 25.5 Å². The fraction of sp³-hybridized carbons (Fsp3) is 0.333. The number of anilines is 3. The molecule has 10 heteroatoms. The van der Waals surface area contributed by atoms with Crippen molar-refractivity contribution in [1.82, 2.24) is 19.7 Å². The summed E-state index contributed by atoms with van der Waals surface area (Å²) in [6.07, 6.45) is 4.69. The highest BCUT2D eigenvalue weighted by molar-refractivity contribution is 6.06. The molecule has 0 bridgehead atoms. The van der Waals surface area contributed by atoms with E-state index in [1.165, 1.54) is 6.26 Å². The van der Waals surface area contributed by atoms with E-state index in [1.54, 1.807) is 18.3 Å². The van der Waals surface area contributed by atoms with Crippen molar-refractivity contribution in [3.05, 3.63) is 48.1 Å². The maximum absolute atomic E-state index is 13.1. The molecule has 0 atom stereocenters. The summed E-state index contributed by atoms with van der Waals surface area (Å²) in [4.78, 5) is 23.7. The normalized spacial score (nSPS) is 14.6. The van der Waals surface area contributed by atoms with Crippen LogP contribution in [0.3, 0.4) is 0 Å². The van der Waals surface area contributed by atoms with Crippen LogP contribution in [-0.2, 0) is 7.05 Å². The predicted molar refractivity (Wildman–Crippen MR) is 130 cm³/mol. The minimum atomic E-state index is -0.371. The number of rotatable bonds is 5. The molecule has 1 fully saturated rings. The van der Waals surface area contributed by atoms with Gasteiger partial charge in [0, 0.05) is 43.9 Å². The van der Waals surface area contributed by atoms with Crippen molar-refractivity contribution in [3.63, 3.8) is 0 Å². The quantitative estimate of drug-likeness (QED) is 0.413. The van der Waals surface area contributed by atoms with Crippen LogP contribution in [0.2, 0.25) is 0 Å². The van der Waals surface area contributed by atoms with Gasteiger partial charge in [0.25, 0.3) is 5.91 Å². The Morgan fingerprint density at radius 2 is 2.09 bits per heavy atom. The zero-order valence-electron chi connectivity index (χ0n) is 19.2. The predicted octanol–water partition coefficient (Wildman–Crippen LogP) is 2.97. The molecule has 0 unspecified atom stereocenters. The van der Waals surface area contributed by atoms with Crippen LogP contribution in [0.15, 0.2) is 41.1 Å². The molecule has 176 valence electrons. The van der Waals surface area contributed by atoms with Crippen molar-refractivity contribution >= 4 is 34.0 Å². The molecule has 1 aliphatic rings. The molecule has 0 saturated carbocycles. The van der Waals surface area contributed by atoms with E-state index in [4.69, 9.17) is 10.2 Å². The van der Waals surface area contributed by atoms with E-state index >= 15 is 0 Å². The molecule has 1 aliphatic heterocycles.